The van der Waals surface area contributed by atoms with Crippen molar-refractivity contribution in [3.05, 3.63) is 26.6 Å². The molecule has 5 heteroatoms. The standard InChI is InChI=1S/C14H19Br2NOS/c1-18-14-9(5-10(15)6-13(14)16)8-17-11-3-4-12(7-11)19-2/h5-6,11-12,17H,3-4,7-8H2,1-2H3. The Hall–Kier alpha value is 0.290. The van der Waals surface area contributed by atoms with Gasteiger partial charge in [0, 0.05) is 27.9 Å². The summed E-state index contributed by atoms with van der Waals surface area (Å²) >= 11 is 9.07. The molecule has 0 saturated heterocycles. The van der Waals surface area contributed by atoms with Crippen molar-refractivity contribution in [2.24, 2.45) is 0 Å². The fourth-order valence-corrected chi connectivity index (χ4v) is 4.84. The molecule has 1 aliphatic carbocycles. The summed E-state index contributed by atoms with van der Waals surface area (Å²) in [5.41, 5.74) is 1.19. The van der Waals surface area contributed by atoms with Gasteiger partial charge in [-0.1, -0.05) is 15.9 Å². The Labute approximate surface area is 136 Å². The second-order valence-electron chi connectivity index (χ2n) is 4.83. The quantitative estimate of drug-likeness (QED) is 0.769. The number of ether oxygens (including phenoxy) is 1. The molecule has 1 aromatic carbocycles. The number of methoxy groups -OCH3 is 1. The first-order valence-corrected chi connectivity index (χ1v) is 9.29. The average Bonchev–Trinajstić information content (AvgIpc) is 2.83. The monoisotopic (exact) mass is 407 g/mol. The predicted molar refractivity (Wildman–Crippen MR) is 90.2 cm³/mol. The number of hydrogen-bond donors (Lipinski definition) is 1. The van der Waals surface area contributed by atoms with Crippen LogP contribution < -0.4 is 10.1 Å². The van der Waals surface area contributed by atoms with E-state index in [0.717, 1.165) is 26.5 Å². The van der Waals surface area contributed by atoms with E-state index in [4.69, 9.17) is 4.74 Å². The lowest BCUT2D eigenvalue weighted by molar-refractivity contribution is 0.402. The molecule has 0 spiro atoms. The molecule has 2 rings (SSSR count). The molecular formula is C14H19Br2NOS. The van der Waals surface area contributed by atoms with Crippen molar-refractivity contribution in [2.75, 3.05) is 13.4 Å². The Kier molecular flexibility index (Phi) is 6.06. The summed E-state index contributed by atoms with van der Waals surface area (Å²) in [5.74, 6) is 0.926. The summed E-state index contributed by atoms with van der Waals surface area (Å²) in [6, 6.07) is 4.78. The van der Waals surface area contributed by atoms with Crippen molar-refractivity contribution < 1.29 is 4.74 Å². The van der Waals surface area contributed by atoms with Crippen LogP contribution in [0.5, 0.6) is 5.75 Å². The molecule has 1 aromatic rings. The van der Waals surface area contributed by atoms with Crippen LogP contribution in [0.1, 0.15) is 24.8 Å². The van der Waals surface area contributed by atoms with E-state index in [0.29, 0.717) is 6.04 Å². The highest BCUT2D eigenvalue weighted by Gasteiger charge is 2.23. The topological polar surface area (TPSA) is 21.3 Å². The second kappa shape index (κ2) is 7.34. The van der Waals surface area contributed by atoms with Crippen molar-refractivity contribution in [2.45, 2.75) is 37.1 Å². The normalized spacial score (nSPS) is 22.7. The maximum Gasteiger partial charge on any atom is 0.137 e. The van der Waals surface area contributed by atoms with E-state index < -0.39 is 0 Å². The minimum atomic E-state index is 0.639. The van der Waals surface area contributed by atoms with Crippen LogP contribution in [-0.4, -0.2) is 24.7 Å². The predicted octanol–water partition coefficient (Wildman–Crippen LogP) is 4.59. The van der Waals surface area contributed by atoms with E-state index >= 15 is 0 Å². The van der Waals surface area contributed by atoms with Crippen LogP contribution in [0.15, 0.2) is 21.1 Å². The fraction of sp³-hybridized carbons (Fsp3) is 0.571. The number of nitrogens with one attached hydrogen (secondary N) is 1. The molecule has 1 fully saturated rings. The number of benzene rings is 1. The summed E-state index contributed by atoms with van der Waals surface area (Å²) < 4.78 is 7.55. The minimum absolute atomic E-state index is 0.639. The van der Waals surface area contributed by atoms with E-state index in [-0.39, 0.29) is 0 Å². The van der Waals surface area contributed by atoms with Crippen molar-refractivity contribution >= 4 is 43.6 Å². The molecule has 0 radical (unpaired) electrons. The lowest BCUT2D eigenvalue weighted by atomic mass is 10.1. The third-order valence-electron chi connectivity index (χ3n) is 3.59. The first-order valence-electron chi connectivity index (χ1n) is 6.42. The zero-order chi connectivity index (χ0) is 13.8. The summed E-state index contributed by atoms with van der Waals surface area (Å²) in [4.78, 5) is 0. The zero-order valence-corrected chi connectivity index (χ0v) is 15.2. The number of hydrogen-bond acceptors (Lipinski definition) is 3. The maximum atomic E-state index is 5.48. The lowest BCUT2D eigenvalue weighted by Crippen LogP contribution is -2.26. The molecule has 2 unspecified atom stereocenters. The molecule has 0 bridgehead atoms. The van der Waals surface area contributed by atoms with Crippen LogP contribution >= 0.6 is 43.6 Å². The fourth-order valence-electron chi connectivity index (χ4n) is 2.57. The molecule has 0 amide bonds. The summed E-state index contributed by atoms with van der Waals surface area (Å²) in [5, 5.41) is 4.48. The van der Waals surface area contributed by atoms with Gasteiger partial charge in [0.1, 0.15) is 5.75 Å². The van der Waals surface area contributed by atoms with Gasteiger partial charge in [0.25, 0.3) is 0 Å². The van der Waals surface area contributed by atoms with Crippen LogP contribution in [-0.2, 0) is 6.54 Å². The van der Waals surface area contributed by atoms with Gasteiger partial charge in [-0.2, -0.15) is 11.8 Å². The van der Waals surface area contributed by atoms with Gasteiger partial charge in [-0.3, -0.25) is 0 Å². The van der Waals surface area contributed by atoms with E-state index in [2.05, 4.69) is 49.5 Å². The van der Waals surface area contributed by atoms with Gasteiger partial charge in [-0.05, 0) is 53.6 Å². The maximum absolute atomic E-state index is 5.48. The van der Waals surface area contributed by atoms with Crippen LogP contribution in [0.25, 0.3) is 0 Å². The van der Waals surface area contributed by atoms with Gasteiger partial charge < -0.3 is 10.1 Å². The average molecular weight is 409 g/mol. The molecule has 0 aromatic heterocycles. The molecule has 19 heavy (non-hydrogen) atoms. The van der Waals surface area contributed by atoms with E-state index in [1.807, 2.05) is 17.8 Å². The van der Waals surface area contributed by atoms with Crippen molar-refractivity contribution in [1.29, 1.82) is 0 Å². The Balaban J connectivity index is 1.99. The minimum Gasteiger partial charge on any atom is -0.495 e. The molecule has 106 valence electrons. The molecule has 2 nitrogen and oxygen atoms in total. The molecule has 1 saturated carbocycles. The third kappa shape index (κ3) is 4.13. The zero-order valence-electron chi connectivity index (χ0n) is 11.2. The molecule has 1 N–H and O–H groups in total. The highest BCUT2D eigenvalue weighted by atomic mass is 79.9. The number of halogens is 2. The van der Waals surface area contributed by atoms with E-state index in [1.165, 1.54) is 24.8 Å². The first kappa shape index (κ1) is 15.7. The van der Waals surface area contributed by atoms with Crippen molar-refractivity contribution in [1.82, 2.24) is 5.32 Å². The third-order valence-corrected chi connectivity index (χ3v) is 5.73. The van der Waals surface area contributed by atoms with Gasteiger partial charge >= 0.3 is 0 Å². The molecule has 0 heterocycles. The van der Waals surface area contributed by atoms with Crippen LogP contribution in [0.3, 0.4) is 0 Å². The Bertz CT molecular complexity index is 442. The van der Waals surface area contributed by atoms with Gasteiger partial charge in [0.05, 0.1) is 11.6 Å². The van der Waals surface area contributed by atoms with Crippen molar-refractivity contribution in [3.8, 4) is 5.75 Å². The lowest BCUT2D eigenvalue weighted by Gasteiger charge is -2.16. The van der Waals surface area contributed by atoms with Gasteiger partial charge in [0.2, 0.25) is 0 Å². The molecule has 2 atom stereocenters. The van der Waals surface area contributed by atoms with Crippen LogP contribution in [0.2, 0.25) is 0 Å². The Morgan fingerprint density at radius 3 is 2.79 bits per heavy atom. The second-order valence-corrected chi connectivity index (χ2v) is 7.74. The highest BCUT2D eigenvalue weighted by Crippen LogP contribution is 2.33. The van der Waals surface area contributed by atoms with Crippen LogP contribution in [0, 0.1) is 0 Å². The van der Waals surface area contributed by atoms with E-state index in [9.17, 15) is 0 Å². The number of rotatable bonds is 5. The molecular weight excluding hydrogens is 390 g/mol. The summed E-state index contributed by atoms with van der Waals surface area (Å²) in [6.45, 7) is 0.854. The molecule has 0 aliphatic heterocycles. The van der Waals surface area contributed by atoms with Gasteiger partial charge in [0.15, 0.2) is 0 Å². The van der Waals surface area contributed by atoms with Crippen molar-refractivity contribution in [3.63, 3.8) is 0 Å². The smallest absolute Gasteiger partial charge is 0.137 e. The van der Waals surface area contributed by atoms with Gasteiger partial charge in [-0.25, -0.2) is 0 Å². The molecule has 1 aliphatic rings. The van der Waals surface area contributed by atoms with Crippen LogP contribution in [0.4, 0.5) is 0 Å². The number of thioether (sulfide) groups is 1. The highest BCUT2D eigenvalue weighted by molar-refractivity contribution is 9.11. The SMILES string of the molecule is COc1c(Br)cc(Br)cc1CNC1CCC(SC)C1. The summed E-state index contributed by atoms with van der Waals surface area (Å²) in [7, 11) is 1.72. The van der Waals surface area contributed by atoms with Gasteiger partial charge in [-0.15, -0.1) is 0 Å². The Morgan fingerprint density at radius 1 is 1.37 bits per heavy atom. The van der Waals surface area contributed by atoms with E-state index in [1.54, 1.807) is 7.11 Å². The largest absolute Gasteiger partial charge is 0.495 e. The first-order chi connectivity index (χ1) is 9.13. The Morgan fingerprint density at radius 2 is 2.16 bits per heavy atom. The summed E-state index contributed by atoms with van der Waals surface area (Å²) in [6.07, 6.45) is 6.10.